The second-order valence-electron chi connectivity index (χ2n) is 10.3. The fourth-order valence-corrected chi connectivity index (χ4v) is 5.27. The summed E-state index contributed by atoms with van der Waals surface area (Å²) >= 11 is 0. The average molecular weight is 603 g/mol. The Labute approximate surface area is 256 Å². The number of hydrogen-bond acceptors (Lipinski definition) is 8. The van der Waals surface area contributed by atoms with Crippen LogP contribution in [0.25, 0.3) is 0 Å². The molecular formula is C34H38N2O8. The van der Waals surface area contributed by atoms with Gasteiger partial charge in [-0.1, -0.05) is 60.7 Å². The summed E-state index contributed by atoms with van der Waals surface area (Å²) in [5, 5.41) is 10.6. The van der Waals surface area contributed by atoms with Crippen molar-refractivity contribution in [2.24, 2.45) is 0 Å². The molecule has 0 saturated carbocycles. The third-order valence-corrected chi connectivity index (χ3v) is 7.32. The summed E-state index contributed by atoms with van der Waals surface area (Å²) in [5.74, 6) is 0.212. The number of nitrogens with one attached hydrogen (secondary N) is 1. The van der Waals surface area contributed by atoms with Crippen LogP contribution in [0.2, 0.25) is 0 Å². The molecule has 10 heteroatoms. The molecule has 2 N–H and O–H groups in total. The number of aromatic amines is 1. The summed E-state index contributed by atoms with van der Waals surface area (Å²) in [4.78, 5) is 32.0. The number of carboxylic acids is 1. The number of ether oxygens (including phenoxy) is 5. The minimum absolute atomic E-state index is 0.129. The van der Waals surface area contributed by atoms with Gasteiger partial charge in [0.05, 0.1) is 27.9 Å². The number of carbonyl (C=O) groups is 1. The molecule has 0 aliphatic carbocycles. The Hall–Kier alpha value is -4.83. The molecule has 0 saturated heterocycles. The van der Waals surface area contributed by atoms with Crippen molar-refractivity contribution in [1.82, 2.24) is 9.97 Å². The number of aryl methyl sites for hydroxylation is 2. The minimum Gasteiger partial charge on any atom is -0.493 e. The SMILES string of the molecule is COc1cc(CCOC(CCCc2ccccc2)(c2ccccc2)[C@H](Oc2nc(C)cc(=O)[nH]2)C(=O)O)cc(OC)c1OC. The van der Waals surface area contributed by atoms with Crippen LogP contribution in [0.15, 0.2) is 83.7 Å². The van der Waals surface area contributed by atoms with Crippen LogP contribution in [0.3, 0.4) is 0 Å². The molecule has 0 spiro atoms. The van der Waals surface area contributed by atoms with Gasteiger partial charge in [-0.15, -0.1) is 0 Å². The highest BCUT2D eigenvalue weighted by Crippen LogP contribution is 2.40. The van der Waals surface area contributed by atoms with Crippen molar-refractivity contribution >= 4 is 5.97 Å². The number of rotatable bonds is 16. The normalized spacial score (nSPS) is 13.0. The van der Waals surface area contributed by atoms with E-state index in [1.807, 2.05) is 72.8 Å². The number of nitrogens with zero attached hydrogens (tertiary/aromatic N) is 1. The fraction of sp³-hybridized carbons (Fsp3) is 0.324. The average Bonchev–Trinajstić information content (AvgIpc) is 3.02. The second kappa shape index (κ2) is 15.1. The molecular weight excluding hydrogens is 564 g/mol. The standard InChI is InChI=1S/C34H38N2O8/c1-23-20-29(37)36-33(35-23)44-31(32(38)39)34(26-15-9-6-10-16-26,18-11-14-24-12-7-5-8-13-24)43-19-17-25-21-27(40-2)30(42-4)28(22-25)41-3/h5-10,12-13,15-16,20-22,31H,11,14,17-19H2,1-4H3,(H,38,39)(H,35,36,37)/t31-,34?/m1/s1. The number of benzene rings is 3. The molecule has 4 rings (SSSR count). The second-order valence-corrected chi connectivity index (χ2v) is 10.3. The quantitative estimate of drug-likeness (QED) is 0.180. The molecule has 10 nitrogen and oxygen atoms in total. The van der Waals surface area contributed by atoms with Gasteiger partial charge in [0.15, 0.2) is 11.5 Å². The van der Waals surface area contributed by atoms with Crippen LogP contribution >= 0.6 is 0 Å². The van der Waals surface area contributed by atoms with Gasteiger partial charge in [-0.25, -0.2) is 9.78 Å². The number of methoxy groups -OCH3 is 3. The van der Waals surface area contributed by atoms with Crippen molar-refractivity contribution in [1.29, 1.82) is 0 Å². The van der Waals surface area contributed by atoms with E-state index in [1.54, 1.807) is 21.1 Å². The molecule has 4 aromatic rings. The third kappa shape index (κ3) is 7.76. The molecule has 0 amide bonds. The lowest BCUT2D eigenvalue weighted by molar-refractivity contribution is -0.173. The van der Waals surface area contributed by atoms with Crippen LogP contribution in [0.5, 0.6) is 23.3 Å². The highest BCUT2D eigenvalue weighted by atomic mass is 16.6. The van der Waals surface area contributed by atoms with E-state index in [1.165, 1.54) is 13.2 Å². The molecule has 2 atom stereocenters. The summed E-state index contributed by atoms with van der Waals surface area (Å²) in [6.07, 6.45) is 0.431. The summed E-state index contributed by atoms with van der Waals surface area (Å²) < 4.78 is 29.2. The van der Waals surface area contributed by atoms with Gasteiger partial charge in [0, 0.05) is 11.8 Å². The molecule has 3 aromatic carbocycles. The molecule has 0 radical (unpaired) electrons. The summed E-state index contributed by atoms with van der Waals surface area (Å²) in [6.45, 7) is 1.76. The van der Waals surface area contributed by atoms with Crippen molar-refractivity contribution < 1.29 is 33.6 Å². The van der Waals surface area contributed by atoms with Crippen LogP contribution in [-0.2, 0) is 28.0 Å². The molecule has 1 aromatic heterocycles. The van der Waals surface area contributed by atoms with Crippen LogP contribution < -0.4 is 24.5 Å². The number of H-pyrrole nitrogens is 1. The van der Waals surface area contributed by atoms with Gasteiger partial charge < -0.3 is 28.8 Å². The molecule has 0 aliphatic rings. The Balaban J connectivity index is 1.73. The first kappa shape index (κ1) is 32.1. The van der Waals surface area contributed by atoms with E-state index in [2.05, 4.69) is 9.97 Å². The lowest BCUT2D eigenvalue weighted by Gasteiger charge is -2.39. The van der Waals surface area contributed by atoms with E-state index < -0.39 is 23.2 Å². The number of hydrogen-bond donors (Lipinski definition) is 2. The maximum absolute atomic E-state index is 13.0. The van der Waals surface area contributed by atoms with Crippen molar-refractivity contribution in [3.63, 3.8) is 0 Å². The Kier molecular flexibility index (Phi) is 11.0. The molecule has 44 heavy (non-hydrogen) atoms. The topological polar surface area (TPSA) is 129 Å². The maximum atomic E-state index is 13.0. The summed E-state index contributed by atoms with van der Waals surface area (Å²) in [5.41, 5.74) is 1.07. The fourth-order valence-electron chi connectivity index (χ4n) is 5.27. The van der Waals surface area contributed by atoms with E-state index >= 15 is 0 Å². The first-order valence-corrected chi connectivity index (χ1v) is 14.3. The van der Waals surface area contributed by atoms with Gasteiger partial charge in [0.1, 0.15) is 5.60 Å². The van der Waals surface area contributed by atoms with E-state index in [4.69, 9.17) is 23.7 Å². The number of carboxylic acid groups (broad SMARTS) is 1. The maximum Gasteiger partial charge on any atom is 0.348 e. The Morgan fingerprint density at radius 1 is 0.886 bits per heavy atom. The zero-order valence-corrected chi connectivity index (χ0v) is 25.4. The predicted molar refractivity (Wildman–Crippen MR) is 165 cm³/mol. The van der Waals surface area contributed by atoms with E-state index in [0.29, 0.717) is 54.2 Å². The first-order valence-electron chi connectivity index (χ1n) is 14.3. The van der Waals surface area contributed by atoms with Gasteiger partial charge in [0.2, 0.25) is 11.9 Å². The summed E-state index contributed by atoms with van der Waals surface area (Å²) in [7, 11) is 4.63. The van der Waals surface area contributed by atoms with Gasteiger partial charge in [0.25, 0.3) is 11.6 Å². The Bertz CT molecular complexity index is 1550. The van der Waals surface area contributed by atoms with E-state index in [9.17, 15) is 14.7 Å². The lowest BCUT2D eigenvalue weighted by Crippen LogP contribution is -2.51. The van der Waals surface area contributed by atoms with Crippen LogP contribution in [0.4, 0.5) is 0 Å². The lowest BCUT2D eigenvalue weighted by atomic mass is 9.82. The molecule has 0 fully saturated rings. The van der Waals surface area contributed by atoms with Gasteiger partial charge in [-0.05, 0) is 61.4 Å². The molecule has 1 unspecified atom stereocenters. The largest absolute Gasteiger partial charge is 0.493 e. The summed E-state index contributed by atoms with van der Waals surface area (Å²) in [6, 6.07) is 23.9. The zero-order valence-electron chi connectivity index (χ0n) is 25.4. The molecule has 1 heterocycles. The Morgan fingerprint density at radius 2 is 1.52 bits per heavy atom. The van der Waals surface area contributed by atoms with Gasteiger partial charge >= 0.3 is 5.97 Å². The first-order chi connectivity index (χ1) is 21.3. The van der Waals surface area contributed by atoms with Crippen molar-refractivity contribution in [2.75, 3.05) is 27.9 Å². The van der Waals surface area contributed by atoms with Crippen LogP contribution in [-0.4, -0.2) is 55.1 Å². The smallest absolute Gasteiger partial charge is 0.348 e. The monoisotopic (exact) mass is 602 g/mol. The van der Waals surface area contributed by atoms with Crippen molar-refractivity contribution in [3.8, 4) is 23.3 Å². The van der Waals surface area contributed by atoms with Crippen molar-refractivity contribution in [2.45, 2.75) is 44.3 Å². The van der Waals surface area contributed by atoms with Crippen LogP contribution in [0.1, 0.15) is 35.2 Å². The molecule has 0 bridgehead atoms. The predicted octanol–water partition coefficient (Wildman–Crippen LogP) is 5.11. The van der Waals surface area contributed by atoms with Gasteiger partial charge in [-0.3, -0.25) is 9.78 Å². The highest BCUT2D eigenvalue weighted by molar-refractivity contribution is 5.75. The van der Waals surface area contributed by atoms with E-state index in [-0.39, 0.29) is 12.6 Å². The minimum atomic E-state index is -1.55. The van der Waals surface area contributed by atoms with E-state index in [0.717, 1.165) is 11.1 Å². The molecule has 0 aliphatic heterocycles. The Morgan fingerprint density at radius 3 is 2.09 bits per heavy atom. The molecule has 232 valence electrons. The van der Waals surface area contributed by atoms with Gasteiger partial charge in [-0.2, -0.15) is 0 Å². The third-order valence-electron chi connectivity index (χ3n) is 7.32. The zero-order chi connectivity index (χ0) is 31.5. The van der Waals surface area contributed by atoms with Crippen molar-refractivity contribution in [3.05, 3.63) is 112 Å². The number of aromatic nitrogens is 2. The highest BCUT2D eigenvalue weighted by Gasteiger charge is 2.48. The van der Waals surface area contributed by atoms with Crippen LogP contribution in [0, 0.1) is 6.92 Å². The number of aliphatic carboxylic acids is 1.